The Labute approximate surface area is 148 Å². The van der Waals surface area contributed by atoms with Crippen LogP contribution in [0.1, 0.15) is 38.0 Å². The highest BCUT2D eigenvalue weighted by molar-refractivity contribution is 7.86. The smallest absolute Gasteiger partial charge is 0.342 e. The van der Waals surface area contributed by atoms with Crippen LogP contribution in [0.5, 0.6) is 0 Å². The number of hydrogen-bond donors (Lipinski definition) is 0. The molecule has 0 saturated heterocycles. The fourth-order valence-corrected chi connectivity index (χ4v) is 3.12. The summed E-state index contributed by atoms with van der Waals surface area (Å²) in [7, 11) is -4.13. The minimum Gasteiger partial charge on any atom is -0.458 e. The number of esters is 1. The van der Waals surface area contributed by atoms with Crippen LogP contribution in [0.2, 0.25) is 0 Å². The maximum Gasteiger partial charge on any atom is 0.342 e. The van der Waals surface area contributed by atoms with Gasteiger partial charge in [0.2, 0.25) is 0 Å². The monoisotopic (exact) mass is 362 g/mol. The molecule has 0 aromatic heterocycles. The van der Waals surface area contributed by atoms with Crippen LogP contribution in [0.3, 0.4) is 0 Å². The topological polar surface area (TPSA) is 69.7 Å². The molecule has 0 aliphatic carbocycles. The molecule has 0 saturated carbocycles. The minimum atomic E-state index is -4.13. The zero-order chi connectivity index (χ0) is 18.7. The van der Waals surface area contributed by atoms with E-state index >= 15 is 0 Å². The van der Waals surface area contributed by atoms with Gasteiger partial charge in [0.15, 0.2) is 6.10 Å². The molecule has 0 N–H and O–H groups in total. The molecular formula is C19H22O5S. The van der Waals surface area contributed by atoms with E-state index in [-0.39, 0.29) is 4.90 Å². The van der Waals surface area contributed by atoms with E-state index in [0.29, 0.717) is 5.56 Å². The van der Waals surface area contributed by atoms with E-state index in [1.54, 1.807) is 63.2 Å². The fraction of sp³-hybridized carbons (Fsp3) is 0.316. The van der Waals surface area contributed by atoms with Crippen molar-refractivity contribution in [2.24, 2.45) is 0 Å². The van der Waals surface area contributed by atoms with Crippen LogP contribution in [-0.2, 0) is 23.8 Å². The average Bonchev–Trinajstić information content (AvgIpc) is 2.52. The molecular weight excluding hydrogens is 340 g/mol. The molecule has 25 heavy (non-hydrogen) atoms. The first-order valence-corrected chi connectivity index (χ1v) is 9.27. The molecule has 2 rings (SSSR count). The predicted molar refractivity (Wildman–Crippen MR) is 94.5 cm³/mol. The first-order chi connectivity index (χ1) is 11.6. The van der Waals surface area contributed by atoms with Crippen molar-refractivity contribution in [1.29, 1.82) is 0 Å². The Morgan fingerprint density at radius 3 is 2.04 bits per heavy atom. The van der Waals surface area contributed by atoms with Gasteiger partial charge in [-0.05, 0) is 45.4 Å². The quantitative estimate of drug-likeness (QED) is 0.598. The lowest BCUT2D eigenvalue weighted by Crippen LogP contribution is -2.30. The van der Waals surface area contributed by atoms with Crippen molar-refractivity contribution in [1.82, 2.24) is 0 Å². The molecule has 0 heterocycles. The third kappa shape index (κ3) is 5.41. The van der Waals surface area contributed by atoms with Crippen molar-refractivity contribution in [3.63, 3.8) is 0 Å². The Hall–Kier alpha value is -2.18. The van der Waals surface area contributed by atoms with Crippen LogP contribution in [0, 0.1) is 6.92 Å². The van der Waals surface area contributed by atoms with Crippen LogP contribution in [0.4, 0.5) is 0 Å². The molecule has 0 aliphatic rings. The maximum atomic E-state index is 12.6. The van der Waals surface area contributed by atoms with E-state index in [4.69, 9.17) is 8.92 Å². The van der Waals surface area contributed by atoms with Crippen molar-refractivity contribution in [2.75, 3.05) is 0 Å². The van der Waals surface area contributed by atoms with Gasteiger partial charge in [-0.1, -0.05) is 48.0 Å². The fourth-order valence-electron chi connectivity index (χ4n) is 2.10. The van der Waals surface area contributed by atoms with Gasteiger partial charge in [-0.3, -0.25) is 0 Å². The lowest BCUT2D eigenvalue weighted by atomic mass is 10.1. The van der Waals surface area contributed by atoms with Crippen molar-refractivity contribution in [3.8, 4) is 0 Å². The first kappa shape index (κ1) is 19.1. The molecule has 0 fully saturated rings. The summed E-state index contributed by atoms with van der Waals surface area (Å²) in [6.07, 6.45) is -1.37. The van der Waals surface area contributed by atoms with Gasteiger partial charge in [0.05, 0.1) is 4.90 Å². The summed E-state index contributed by atoms with van der Waals surface area (Å²) >= 11 is 0. The van der Waals surface area contributed by atoms with Gasteiger partial charge < -0.3 is 4.74 Å². The second-order valence-corrected chi connectivity index (χ2v) is 8.26. The lowest BCUT2D eigenvalue weighted by Gasteiger charge is -2.24. The Morgan fingerprint density at radius 1 is 0.960 bits per heavy atom. The summed E-state index contributed by atoms with van der Waals surface area (Å²) in [5, 5.41) is 0. The predicted octanol–water partition coefficient (Wildman–Crippen LogP) is 3.78. The van der Waals surface area contributed by atoms with Crippen molar-refractivity contribution in [3.05, 3.63) is 65.7 Å². The minimum absolute atomic E-state index is 0.0115. The highest BCUT2D eigenvalue weighted by Crippen LogP contribution is 2.27. The number of benzene rings is 2. The molecule has 0 radical (unpaired) electrons. The summed E-state index contributed by atoms with van der Waals surface area (Å²) < 4.78 is 35.7. The van der Waals surface area contributed by atoms with E-state index < -0.39 is 27.8 Å². The van der Waals surface area contributed by atoms with Gasteiger partial charge in [-0.15, -0.1) is 0 Å². The number of carbonyl (C=O) groups is 1. The number of carbonyl (C=O) groups excluding carboxylic acids is 1. The number of aryl methyl sites for hydroxylation is 1. The average molecular weight is 362 g/mol. The molecule has 0 aliphatic heterocycles. The van der Waals surface area contributed by atoms with Crippen LogP contribution >= 0.6 is 0 Å². The second kappa shape index (κ2) is 7.37. The highest BCUT2D eigenvalue weighted by atomic mass is 32.2. The number of ether oxygens (including phenoxy) is 1. The Balaban J connectivity index is 2.36. The van der Waals surface area contributed by atoms with Gasteiger partial charge in [0.1, 0.15) is 5.60 Å². The number of hydrogen-bond acceptors (Lipinski definition) is 5. The van der Waals surface area contributed by atoms with E-state index in [1.807, 2.05) is 6.92 Å². The van der Waals surface area contributed by atoms with Gasteiger partial charge in [0.25, 0.3) is 10.1 Å². The van der Waals surface area contributed by atoms with Gasteiger partial charge >= 0.3 is 5.97 Å². The molecule has 5 nitrogen and oxygen atoms in total. The van der Waals surface area contributed by atoms with E-state index in [0.717, 1.165) is 5.56 Å². The first-order valence-electron chi connectivity index (χ1n) is 7.86. The summed E-state index contributed by atoms with van der Waals surface area (Å²) in [5.74, 6) is -0.755. The van der Waals surface area contributed by atoms with E-state index in [1.165, 1.54) is 12.1 Å². The highest BCUT2D eigenvalue weighted by Gasteiger charge is 2.32. The molecule has 0 amide bonds. The molecule has 1 atom stereocenters. The van der Waals surface area contributed by atoms with Crippen molar-refractivity contribution < 1.29 is 22.1 Å². The van der Waals surface area contributed by atoms with Crippen molar-refractivity contribution in [2.45, 2.75) is 44.3 Å². The van der Waals surface area contributed by atoms with Gasteiger partial charge in [-0.2, -0.15) is 8.42 Å². The summed E-state index contributed by atoms with van der Waals surface area (Å²) in [4.78, 5) is 12.5. The zero-order valence-corrected chi connectivity index (χ0v) is 15.5. The third-order valence-corrected chi connectivity index (χ3v) is 4.55. The zero-order valence-electron chi connectivity index (χ0n) is 14.7. The summed E-state index contributed by atoms with van der Waals surface area (Å²) in [5.41, 5.74) is 0.569. The van der Waals surface area contributed by atoms with Crippen LogP contribution < -0.4 is 0 Å². The normalized spacial score (nSPS) is 13.3. The van der Waals surface area contributed by atoms with Gasteiger partial charge in [0, 0.05) is 0 Å². The van der Waals surface area contributed by atoms with E-state index in [2.05, 4.69) is 0 Å². The summed E-state index contributed by atoms with van der Waals surface area (Å²) in [6, 6.07) is 14.7. The Kier molecular flexibility index (Phi) is 5.65. The largest absolute Gasteiger partial charge is 0.458 e. The summed E-state index contributed by atoms with van der Waals surface area (Å²) in [6.45, 7) is 6.98. The second-order valence-electron chi connectivity index (χ2n) is 6.69. The lowest BCUT2D eigenvalue weighted by molar-refractivity contribution is -0.163. The molecule has 134 valence electrons. The molecule has 2 aromatic rings. The Bertz CT molecular complexity index is 818. The van der Waals surface area contributed by atoms with Crippen LogP contribution in [0.15, 0.2) is 59.5 Å². The molecule has 1 unspecified atom stereocenters. The molecule has 0 bridgehead atoms. The molecule has 0 spiro atoms. The third-order valence-electron chi connectivity index (χ3n) is 3.26. The Morgan fingerprint density at radius 2 is 1.52 bits per heavy atom. The number of rotatable bonds is 5. The standard InChI is InChI=1S/C19H22O5S/c1-14-10-12-16(13-11-14)25(21,22)24-17(15-8-6-5-7-9-15)18(20)23-19(2,3)4/h5-13,17H,1-4H3. The van der Waals surface area contributed by atoms with E-state index in [9.17, 15) is 13.2 Å². The SMILES string of the molecule is Cc1ccc(S(=O)(=O)OC(C(=O)OC(C)(C)C)c2ccccc2)cc1. The molecule has 6 heteroatoms. The van der Waals surface area contributed by atoms with Crippen LogP contribution in [-0.4, -0.2) is 20.0 Å². The van der Waals surface area contributed by atoms with Gasteiger partial charge in [-0.25, -0.2) is 8.98 Å². The van der Waals surface area contributed by atoms with Crippen molar-refractivity contribution >= 4 is 16.1 Å². The van der Waals surface area contributed by atoms with Crippen LogP contribution in [0.25, 0.3) is 0 Å². The molecule has 2 aromatic carbocycles. The maximum absolute atomic E-state index is 12.6.